The minimum Gasteiger partial charge on any atom is -0.492 e. The van der Waals surface area contributed by atoms with Crippen LogP contribution in [-0.4, -0.2) is 36.0 Å². The van der Waals surface area contributed by atoms with Crippen molar-refractivity contribution in [1.29, 1.82) is 0 Å². The molecule has 0 bridgehead atoms. The van der Waals surface area contributed by atoms with Crippen LogP contribution in [0.1, 0.15) is 15.9 Å². The normalized spacial score (nSPS) is 10.6. The van der Waals surface area contributed by atoms with Crippen molar-refractivity contribution in [2.24, 2.45) is 0 Å². The lowest BCUT2D eigenvalue weighted by Gasteiger charge is -2.18. The average Bonchev–Trinajstić information content (AvgIpc) is 2.74. The molecule has 0 atom stereocenters. The van der Waals surface area contributed by atoms with Crippen molar-refractivity contribution in [1.82, 2.24) is 9.88 Å². The van der Waals surface area contributed by atoms with E-state index in [0.717, 1.165) is 5.56 Å². The minimum atomic E-state index is -0.327. The third kappa shape index (κ3) is 6.02. The number of carbonyl (C=O) groups is 1. The van der Waals surface area contributed by atoms with E-state index in [1.165, 1.54) is 36.0 Å². The molecular weight excluding hydrogens is 394 g/mol. The molecule has 150 valence electrons. The predicted octanol–water partition coefficient (Wildman–Crippen LogP) is 4.80. The molecule has 1 aromatic heterocycles. The maximum Gasteiger partial charge on any atom is 0.256 e. The highest BCUT2D eigenvalue weighted by atomic mass is 32.2. The van der Waals surface area contributed by atoms with Crippen LogP contribution in [0.2, 0.25) is 0 Å². The number of rotatable bonds is 8. The summed E-state index contributed by atoms with van der Waals surface area (Å²) < 4.78 is 31.5. The van der Waals surface area contributed by atoms with Crippen LogP contribution >= 0.6 is 11.8 Å². The second kappa shape index (κ2) is 10.0. The lowest BCUT2D eigenvalue weighted by Crippen LogP contribution is -2.31. The summed E-state index contributed by atoms with van der Waals surface area (Å²) in [6.07, 6.45) is 1.64. The van der Waals surface area contributed by atoms with Gasteiger partial charge < -0.3 is 9.64 Å². The molecule has 1 heterocycles. The van der Waals surface area contributed by atoms with Crippen LogP contribution in [0.4, 0.5) is 8.78 Å². The molecule has 0 unspecified atom stereocenters. The first kappa shape index (κ1) is 20.8. The van der Waals surface area contributed by atoms with Gasteiger partial charge in [-0.05, 0) is 54.1 Å². The molecule has 0 saturated carbocycles. The summed E-state index contributed by atoms with van der Waals surface area (Å²) in [5.74, 6) is 0.352. The van der Waals surface area contributed by atoms with E-state index in [-0.39, 0.29) is 24.1 Å². The molecule has 0 spiro atoms. The average molecular weight is 414 g/mol. The zero-order chi connectivity index (χ0) is 20.6. The number of aromatic nitrogens is 1. The molecule has 29 heavy (non-hydrogen) atoms. The van der Waals surface area contributed by atoms with Crippen molar-refractivity contribution in [2.45, 2.75) is 10.8 Å². The number of amides is 1. The van der Waals surface area contributed by atoms with E-state index in [1.807, 2.05) is 0 Å². The molecule has 0 fully saturated rings. The lowest BCUT2D eigenvalue weighted by atomic mass is 10.2. The van der Waals surface area contributed by atoms with E-state index >= 15 is 0 Å². The third-order valence-electron chi connectivity index (χ3n) is 4.15. The number of ether oxygens (including phenoxy) is 1. The first-order valence-electron chi connectivity index (χ1n) is 8.99. The van der Waals surface area contributed by atoms with E-state index in [0.29, 0.717) is 28.6 Å². The molecule has 7 heteroatoms. The third-order valence-corrected chi connectivity index (χ3v) is 5.22. The van der Waals surface area contributed by atoms with Gasteiger partial charge >= 0.3 is 0 Å². The number of carbonyl (C=O) groups excluding carboxylic acids is 1. The largest absolute Gasteiger partial charge is 0.492 e. The van der Waals surface area contributed by atoms with E-state index in [4.69, 9.17) is 4.74 Å². The molecule has 3 rings (SSSR count). The van der Waals surface area contributed by atoms with Crippen LogP contribution in [0.15, 0.2) is 71.9 Å². The van der Waals surface area contributed by atoms with E-state index < -0.39 is 0 Å². The van der Waals surface area contributed by atoms with Gasteiger partial charge in [0, 0.05) is 19.0 Å². The highest BCUT2D eigenvalue weighted by Crippen LogP contribution is 2.25. The number of hydrogen-bond acceptors (Lipinski definition) is 4. The predicted molar refractivity (Wildman–Crippen MR) is 109 cm³/mol. The van der Waals surface area contributed by atoms with Crippen LogP contribution in [0.5, 0.6) is 5.75 Å². The van der Waals surface area contributed by atoms with Crippen LogP contribution in [-0.2, 0) is 5.75 Å². The summed E-state index contributed by atoms with van der Waals surface area (Å²) in [6, 6.07) is 15.4. The first-order valence-corrected chi connectivity index (χ1v) is 9.97. The SMILES string of the molecule is CN(CCOc1ccc(F)cc1)C(=O)c1cccnc1SCc1ccc(F)cc1. The van der Waals surface area contributed by atoms with Crippen LogP contribution in [0.25, 0.3) is 0 Å². The van der Waals surface area contributed by atoms with Gasteiger partial charge in [0.25, 0.3) is 5.91 Å². The van der Waals surface area contributed by atoms with Gasteiger partial charge in [-0.3, -0.25) is 4.79 Å². The van der Waals surface area contributed by atoms with Gasteiger partial charge in [-0.2, -0.15) is 0 Å². The number of thioether (sulfide) groups is 1. The van der Waals surface area contributed by atoms with Crippen molar-refractivity contribution in [3.63, 3.8) is 0 Å². The van der Waals surface area contributed by atoms with Gasteiger partial charge in [0.2, 0.25) is 0 Å². The van der Waals surface area contributed by atoms with Crippen LogP contribution < -0.4 is 4.74 Å². The van der Waals surface area contributed by atoms with Crippen molar-refractivity contribution >= 4 is 17.7 Å². The number of benzene rings is 2. The van der Waals surface area contributed by atoms with Gasteiger partial charge in [0.05, 0.1) is 12.1 Å². The highest BCUT2D eigenvalue weighted by Gasteiger charge is 2.17. The fraction of sp³-hybridized carbons (Fsp3) is 0.182. The summed E-state index contributed by atoms with van der Waals surface area (Å²) in [5, 5.41) is 0.619. The Hall–Kier alpha value is -2.93. The van der Waals surface area contributed by atoms with Gasteiger partial charge in [-0.15, -0.1) is 11.8 Å². The molecular formula is C22H20F2N2O2S. The number of nitrogens with zero attached hydrogens (tertiary/aromatic N) is 2. The Morgan fingerprint density at radius 1 is 1.03 bits per heavy atom. The van der Waals surface area contributed by atoms with Crippen LogP contribution in [0.3, 0.4) is 0 Å². The lowest BCUT2D eigenvalue weighted by molar-refractivity contribution is 0.0769. The monoisotopic (exact) mass is 414 g/mol. The second-order valence-electron chi connectivity index (χ2n) is 6.30. The number of pyridine rings is 1. The molecule has 3 aromatic rings. The summed E-state index contributed by atoms with van der Waals surface area (Å²) in [5.41, 5.74) is 1.45. The Labute approximate surface area is 172 Å². The zero-order valence-corrected chi connectivity index (χ0v) is 16.7. The standard InChI is InChI=1S/C22H20F2N2O2S/c1-26(13-14-28-19-10-8-18(24)9-11-19)22(27)20-3-2-12-25-21(20)29-15-16-4-6-17(23)7-5-16/h2-12H,13-15H2,1H3. The Morgan fingerprint density at radius 3 is 2.38 bits per heavy atom. The maximum absolute atomic E-state index is 13.0. The Balaban J connectivity index is 1.57. The highest BCUT2D eigenvalue weighted by molar-refractivity contribution is 7.98. The van der Waals surface area contributed by atoms with Gasteiger partial charge in [-0.25, -0.2) is 13.8 Å². The molecule has 2 aromatic carbocycles. The molecule has 0 N–H and O–H groups in total. The smallest absolute Gasteiger partial charge is 0.256 e. The number of likely N-dealkylation sites (N-methyl/N-ethyl adjacent to an activating group) is 1. The molecule has 0 aliphatic carbocycles. The maximum atomic E-state index is 13.0. The molecule has 0 saturated heterocycles. The summed E-state index contributed by atoms with van der Waals surface area (Å²) >= 11 is 1.43. The van der Waals surface area contributed by atoms with Crippen molar-refractivity contribution < 1.29 is 18.3 Å². The molecule has 0 aliphatic rings. The van der Waals surface area contributed by atoms with Crippen molar-refractivity contribution in [3.8, 4) is 5.75 Å². The van der Waals surface area contributed by atoms with Crippen LogP contribution in [0, 0.1) is 11.6 Å². The fourth-order valence-corrected chi connectivity index (χ4v) is 3.48. The Morgan fingerprint density at radius 2 is 1.69 bits per heavy atom. The Kier molecular flexibility index (Phi) is 7.19. The molecule has 0 aliphatic heterocycles. The Bertz CT molecular complexity index is 950. The van der Waals surface area contributed by atoms with Gasteiger partial charge in [0.15, 0.2) is 0 Å². The van der Waals surface area contributed by atoms with Crippen molar-refractivity contribution in [2.75, 3.05) is 20.2 Å². The topological polar surface area (TPSA) is 42.4 Å². The molecule has 1 amide bonds. The molecule has 0 radical (unpaired) electrons. The molecule has 4 nitrogen and oxygen atoms in total. The van der Waals surface area contributed by atoms with E-state index in [9.17, 15) is 13.6 Å². The first-order chi connectivity index (χ1) is 14.0. The fourth-order valence-electron chi connectivity index (χ4n) is 2.54. The quantitative estimate of drug-likeness (QED) is 0.497. The second-order valence-corrected chi connectivity index (χ2v) is 7.26. The number of halogens is 2. The van der Waals surface area contributed by atoms with Gasteiger partial charge in [0.1, 0.15) is 29.0 Å². The summed E-state index contributed by atoms with van der Waals surface area (Å²) in [4.78, 5) is 18.7. The summed E-state index contributed by atoms with van der Waals surface area (Å²) in [7, 11) is 1.69. The summed E-state index contributed by atoms with van der Waals surface area (Å²) in [6.45, 7) is 0.652. The zero-order valence-electron chi connectivity index (χ0n) is 15.8. The van der Waals surface area contributed by atoms with Crippen molar-refractivity contribution in [3.05, 3.63) is 89.6 Å². The van der Waals surface area contributed by atoms with Gasteiger partial charge in [-0.1, -0.05) is 12.1 Å². The minimum absolute atomic E-state index is 0.164. The van der Waals surface area contributed by atoms with E-state index in [2.05, 4.69) is 4.98 Å². The number of hydrogen-bond donors (Lipinski definition) is 0. The van der Waals surface area contributed by atoms with E-state index in [1.54, 1.807) is 54.5 Å².